The van der Waals surface area contributed by atoms with Crippen molar-refractivity contribution in [2.75, 3.05) is 4.90 Å². The van der Waals surface area contributed by atoms with Crippen LogP contribution in [0.3, 0.4) is 0 Å². The summed E-state index contributed by atoms with van der Waals surface area (Å²) in [6.07, 6.45) is 0. The van der Waals surface area contributed by atoms with E-state index < -0.39 is 0 Å². The molecule has 0 bridgehead atoms. The molecule has 2 heteroatoms. The molecule has 1 aromatic heterocycles. The molecule has 0 radical (unpaired) electrons. The number of fused-ring (bicyclic) bond motifs is 4. The number of benzene rings is 6. The summed E-state index contributed by atoms with van der Waals surface area (Å²) in [6, 6.07) is 49.0. The zero-order valence-corrected chi connectivity index (χ0v) is 19.6. The maximum absolute atomic E-state index is 6.56. The van der Waals surface area contributed by atoms with Crippen LogP contribution < -0.4 is 4.90 Å². The van der Waals surface area contributed by atoms with Crippen molar-refractivity contribution in [2.24, 2.45) is 0 Å². The molecule has 170 valence electrons. The Morgan fingerprint density at radius 2 is 1.00 bits per heavy atom. The van der Waals surface area contributed by atoms with Gasteiger partial charge >= 0.3 is 0 Å². The fourth-order valence-corrected chi connectivity index (χ4v) is 5.12. The SMILES string of the molecule is c1ccc(-c2cc(N(c3ccccc3)c3ccccc3)c3c(c2)oc2cc4ccccc4cc23)cc1. The van der Waals surface area contributed by atoms with Gasteiger partial charge in [-0.2, -0.15) is 0 Å². The second-order valence-corrected chi connectivity index (χ2v) is 9.04. The molecule has 0 aliphatic heterocycles. The van der Waals surface area contributed by atoms with Gasteiger partial charge in [0.05, 0.1) is 11.1 Å². The van der Waals surface area contributed by atoms with E-state index in [4.69, 9.17) is 4.42 Å². The van der Waals surface area contributed by atoms with Crippen molar-refractivity contribution in [1.29, 1.82) is 0 Å². The summed E-state index contributed by atoms with van der Waals surface area (Å²) in [5.41, 5.74) is 7.36. The van der Waals surface area contributed by atoms with Gasteiger partial charge in [-0.25, -0.2) is 0 Å². The van der Waals surface area contributed by atoms with E-state index in [9.17, 15) is 0 Å². The van der Waals surface area contributed by atoms with Crippen molar-refractivity contribution >= 4 is 49.8 Å². The Morgan fingerprint density at radius 1 is 0.444 bits per heavy atom. The van der Waals surface area contributed by atoms with Crippen LogP contribution in [-0.2, 0) is 0 Å². The van der Waals surface area contributed by atoms with E-state index >= 15 is 0 Å². The summed E-state index contributed by atoms with van der Waals surface area (Å²) in [4.78, 5) is 2.33. The van der Waals surface area contributed by atoms with Crippen LogP contribution in [0.1, 0.15) is 0 Å². The molecule has 0 aliphatic rings. The van der Waals surface area contributed by atoms with Crippen molar-refractivity contribution in [3.05, 3.63) is 140 Å². The minimum atomic E-state index is 0.883. The molecule has 36 heavy (non-hydrogen) atoms. The third-order valence-corrected chi connectivity index (χ3v) is 6.80. The fourth-order valence-electron chi connectivity index (χ4n) is 5.12. The van der Waals surface area contributed by atoms with Crippen molar-refractivity contribution in [3.8, 4) is 11.1 Å². The lowest BCUT2D eigenvalue weighted by Crippen LogP contribution is -2.10. The third kappa shape index (κ3) is 3.43. The van der Waals surface area contributed by atoms with Crippen LogP contribution in [0.5, 0.6) is 0 Å². The Labute approximate surface area is 209 Å². The molecule has 7 rings (SSSR count). The highest BCUT2D eigenvalue weighted by Crippen LogP contribution is 2.45. The van der Waals surface area contributed by atoms with Gasteiger partial charge in [0.25, 0.3) is 0 Å². The number of para-hydroxylation sites is 2. The van der Waals surface area contributed by atoms with E-state index in [2.05, 4.69) is 144 Å². The molecule has 0 atom stereocenters. The highest BCUT2D eigenvalue weighted by atomic mass is 16.3. The maximum atomic E-state index is 6.56. The van der Waals surface area contributed by atoms with E-state index in [0.717, 1.165) is 50.1 Å². The lowest BCUT2D eigenvalue weighted by Gasteiger charge is -2.26. The van der Waals surface area contributed by atoms with Crippen molar-refractivity contribution < 1.29 is 4.42 Å². The number of nitrogens with zero attached hydrogens (tertiary/aromatic N) is 1. The lowest BCUT2D eigenvalue weighted by atomic mass is 9.99. The van der Waals surface area contributed by atoms with Gasteiger partial charge < -0.3 is 9.32 Å². The summed E-state index contributed by atoms with van der Waals surface area (Å²) in [7, 11) is 0. The molecular formula is C34H23NO. The van der Waals surface area contributed by atoms with Gasteiger partial charge in [0.2, 0.25) is 0 Å². The van der Waals surface area contributed by atoms with Crippen LogP contribution in [0, 0.1) is 0 Å². The van der Waals surface area contributed by atoms with Crippen LogP contribution in [0.15, 0.2) is 144 Å². The molecule has 0 unspecified atom stereocenters. The largest absolute Gasteiger partial charge is 0.456 e. The number of hydrogen-bond acceptors (Lipinski definition) is 2. The van der Waals surface area contributed by atoms with Crippen molar-refractivity contribution in [2.45, 2.75) is 0 Å². The summed E-state index contributed by atoms with van der Waals surface area (Å²) < 4.78 is 6.56. The fraction of sp³-hybridized carbons (Fsp3) is 0. The second kappa shape index (κ2) is 8.44. The first-order chi connectivity index (χ1) is 17.8. The second-order valence-electron chi connectivity index (χ2n) is 9.04. The standard InChI is InChI=1S/C34H23NO/c1-4-12-24(13-5-1)27-21-31(35(28-16-6-2-7-17-28)29-18-8-3-9-19-29)34-30-20-25-14-10-11-15-26(25)22-32(30)36-33(34)23-27/h1-23H. The average Bonchev–Trinajstić information content (AvgIpc) is 3.31. The molecule has 7 aromatic rings. The first kappa shape index (κ1) is 20.5. The minimum Gasteiger partial charge on any atom is -0.456 e. The number of anilines is 3. The maximum Gasteiger partial charge on any atom is 0.138 e. The number of hydrogen-bond donors (Lipinski definition) is 0. The molecule has 2 nitrogen and oxygen atoms in total. The molecule has 0 spiro atoms. The van der Waals surface area contributed by atoms with E-state index in [0.29, 0.717) is 0 Å². The normalized spacial score (nSPS) is 11.3. The quantitative estimate of drug-likeness (QED) is 0.259. The molecule has 1 heterocycles. The van der Waals surface area contributed by atoms with Gasteiger partial charge in [0.1, 0.15) is 11.2 Å². The van der Waals surface area contributed by atoms with Gasteiger partial charge in [-0.1, -0.05) is 91.0 Å². The Bertz CT molecular complexity index is 1780. The van der Waals surface area contributed by atoms with Crippen molar-refractivity contribution in [3.63, 3.8) is 0 Å². The van der Waals surface area contributed by atoms with E-state index in [-0.39, 0.29) is 0 Å². The van der Waals surface area contributed by atoms with Gasteiger partial charge in [0.15, 0.2) is 0 Å². The summed E-state index contributed by atoms with van der Waals surface area (Å²) in [5.74, 6) is 0. The Balaban J connectivity index is 1.61. The van der Waals surface area contributed by atoms with Gasteiger partial charge in [-0.05, 0) is 70.4 Å². The van der Waals surface area contributed by atoms with Gasteiger partial charge in [0, 0.05) is 16.8 Å². The van der Waals surface area contributed by atoms with E-state index in [1.807, 2.05) is 0 Å². The average molecular weight is 462 g/mol. The molecule has 0 saturated carbocycles. The smallest absolute Gasteiger partial charge is 0.138 e. The van der Waals surface area contributed by atoms with Crippen molar-refractivity contribution in [1.82, 2.24) is 0 Å². The van der Waals surface area contributed by atoms with Crippen LogP contribution in [0.4, 0.5) is 17.1 Å². The molecule has 0 saturated heterocycles. The molecule has 6 aromatic carbocycles. The zero-order chi connectivity index (χ0) is 23.9. The summed E-state index contributed by atoms with van der Waals surface area (Å²) >= 11 is 0. The first-order valence-corrected chi connectivity index (χ1v) is 12.2. The van der Waals surface area contributed by atoms with E-state index in [1.165, 1.54) is 10.8 Å². The number of furan rings is 1. The molecular weight excluding hydrogens is 438 g/mol. The minimum absolute atomic E-state index is 0.883. The first-order valence-electron chi connectivity index (χ1n) is 12.2. The van der Waals surface area contributed by atoms with Crippen LogP contribution >= 0.6 is 0 Å². The molecule has 0 N–H and O–H groups in total. The Kier molecular flexibility index (Phi) is 4.82. The molecule has 0 aliphatic carbocycles. The predicted molar refractivity (Wildman–Crippen MR) is 151 cm³/mol. The molecule has 0 amide bonds. The highest BCUT2D eigenvalue weighted by Gasteiger charge is 2.21. The monoisotopic (exact) mass is 461 g/mol. The van der Waals surface area contributed by atoms with Gasteiger partial charge in [-0.15, -0.1) is 0 Å². The number of rotatable bonds is 4. The predicted octanol–water partition coefficient (Wildman–Crippen LogP) is 9.88. The highest BCUT2D eigenvalue weighted by molar-refractivity contribution is 6.17. The Morgan fingerprint density at radius 3 is 1.64 bits per heavy atom. The molecule has 0 fully saturated rings. The van der Waals surface area contributed by atoms with E-state index in [1.54, 1.807) is 0 Å². The van der Waals surface area contributed by atoms with Crippen LogP contribution in [-0.4, -0.2) is 0 Å². The van der Waals surface area contributed by atoms with Crippen LogP contribution in [0.25, 0.3) is 43.8 Å². The van der Waals surface area contributed by atoms with Gasteiger partial charge in [-0.3, -0.25) is 0 Å². The Hall–Kier alpha value is -4.82. The van der Waals surface area contributed by atoms with Crippen LogP contribution in [0.2, 0.25) is 0 Å². The summed E-state index contributed by atoms with van der Waals surface area (Å²) in [5, 5.41) is 4.62. The lowest BCUT2D eigenvalue weighted by molar-refractivity contribution is 0.669. The summed E-state index contributed by atoms with van der Waals surface area (Å²) in [6.45, 7) is 0. The zero-order valence-electron chi connectivity index (χ0n) is 19.6. The third-order valence-electron chi connectivity index (χ3n) is 6.80. The topological polar surface area (TPSA) is 16.4 Å².